The van der Waals surface area contributed by atoms with Gasteiger partial charge >= 0.3 is 5.97 Å². The Morgan fingerprint density at radius 1 is 1.43 bits per heavy atom. The van der Waals surface area contributed by atoms with Crippen molar-refractivity contribution in [3.63, 3.8) is 0 Å². The van der Waals surface area contributed by atoms with Crippen molar-refractivity contribution < 1.29 is 19.2 Å². The van der Waals surface area contributed by atoms with Gasteiger partial charge < -0.3 is 14.7 Å². The molecular weight excluding hydrogens is 427 g/mol. The molecule has 158 valence electrons. The zero-order valence-electron chi connectivity index (χ0n) is 16.5. The molecule has 0 spiro atoms. The molecule has 0 radical (unpaired) electrons. The Balaban J connectivity index is 1.72. The number of hydrogen-bond donors (Lipinski definition) is 2. The third-order valence-electron chi connectivity index (χ3n) is 5.35. The van der Waals surface area contributed by atoms with Crippen LogP contribution in [-0.2, 0) is 9.53 Å². The smallest absolute Gasteiger partial charge is 0.305 e. The maximum atomic E-state index is 10.7. The summed E-state index contributed by atoms with van der Waals surface area (Å²) < 4.78 is 7.64. The number of nitrogens with one attached hydrogen (secondary N) is 1. The number of benzene rings is 1. The minimum Gasteiger partial charge on any atom is -0.481 e. The number of aromatic amines is 1. The molecule has 1 fully saturated rings. The van der Waals surface area contributed by atoms with E-state index in [0.717, 1.165) is 29.9 Å². The van der Waals surface area contributed by atoms with Gasteiger partial charge in [0.2, 0.25) is 6.33 Å². The van der Waals surface area contributed by atoms with E-state index in [-0.39, 0.29) is 19.1 Å². The van der Waals surface area contributed by atoms with Crippen LogP contribution >= 0.6 is 23.2 Å². The van der Waals surface area contributed by atoms with Gasteiger partial charge in [-0.05, 0) is 24.5 Å². The molecule has 1 saturated heterocycles. The van der Waals surface area contributed by atoms with Crippen LogP contribution in [0.15, 0.2) is 36.9 Å². The summed E-state index contributed by atoms with van der Waals surface area (Å²) in [6.07, 6.45) is 6.59. The molecule has 1 aromatic carbocycles. The summed E-state index contributed by atoms with van der Waals surface area (Å²) in [7, 11) is 0. The predicted octanol–water partition coefficient (Wildman–Crippen LogP) is 3.85. The predicted molar refractivity (Wildman–Crippen MR) is 116 cm³/mol. The molecule has 0 amide bonds. The molecule has 0 aliphatic carbocycles. The summed E-state index contributed by atoms with van der Waals surface area (Å²) in [5.41, 5.74) is 1.59. The number of carboxylic acids is 1. The van der Waals surface area contributed by atoms with Gasteiger partial charge in [-0.3, -0.25) is 4.79 Å². The van der Waals surface area contributed by atoms with Gasteiger partial charge in [-0.15, -0.1) is 0 Å². The number of aromatic nitrogens is 3. The van der Waals surface area contributed by atoms with Crippen molar-refractivity contribution in [3.05, 3.63) is 47.0 Å². The Morgan fingerprint density at radius 3 is 3.00 bits per heavy atom. The van der Waals surface area contributed by atoms with Crippen LogP contribution in [0.25, 0.3) is 16.6 Å². The molecule has 0 unspecified atom stereocenters. The maximum absolute atomic E-state index is 10.7. The van der Waals surface area contributed by atoms with Gasteiger partial charge in [0.15, 0.2) is 0 Å². The van der Waals surface area contributed by atoms with Crippen LogP contribution in [0.3, 0.4) is 0 Å². The number of carbonyl (C=O) groups is 1. The zero-order chi connectivity index (χ0) is 21.3. The Labute approximate surface area is 184 Å². The lowest BCUT2D eigenvalue weighted by atomic mass is 10.1. The summed E-state index contributed by atoms with van der Waals surface area (Å²) in [5, 5.41) is 10.6. The van der Waals surface area contributed by atoms with Crippen molar-refractivity contribution in [1.82, 2.24) is 9.97 Å². The van der Waals surface area contributed by atoms with Crippen LogP contribution < -0.4 is 9.47 Å². The van der Waals surface area contributed by atoms with Crippen LogP contribution in [0, 0.1) is 5.92 Å². The first kappa shape index (κ1) is 20.9. The number of fused-ring (bicyclic) bond motifs is 1. The summed E-state index contributed by atoms with van der Waals surface area (Å²) in [6, 6.07) is 5.86. The highest BCUT2D eigenvalue weighted by molar-refractivity contribution is 6.45. The van der Waals surface area contributed by atoms with Crippen LogP contribution in [0.1, 0.15) is 19.8 Å². The van der Waals surface area contributed by atoms with Crippen molar-refractivity contribution in [3.8, 4) is 5.69 Å². The second-order valence-corrected chi connectivity index (χ2v) is 8.43. The highest BCUT2D eigenvalue weighted by Gasteiger charge is 2.32. The van der Waals surface area contributed by atoms with Crippen LogP contribution in [0.4, 0.5) is 5.82 Å². The molecule has 2 N–H and O–H groups in total. The monoisotopic (exact) mass is 449 g/mol. The fourth-order valence-electron chi connectivity index (χ4n) is 3.97. The molecule has 0 saturated carbocycles. The van der Waals surface area contributed by atoms with Crippen LogP contribution in [-0.4, -0.2) is 46.8 Å². The van der Waals surface area contributed by atoms with Gasteiger partial charge in [-0.25, -0.2) is 14.5 Å². The van der Waals surface area contributed by atoms with Gasteiger partial charge in [0.1, 0.15) is 23.9 Å². The number of nitrogens with zero attached hydrogens (tertiary/aromatic N) is 3. The molecule has 1 aliphatic rings. The minimum absolute atomic E-state index is 0.00111. The Morgan fingerprint density at radius 2 is 2.27 bits per heavy atom. The van der Waals surface area contributed by atoms with E-state index >= 15 is 0 Å². The molecule has 9 heteroatoms. The van der Waals surface area contributed by atoms with E-state index in [2.05, 4.69) is 16.8 Å². The first-order chi connectivity index (χ1) is 14.4. The molecular formula is C21H23Cl2N4O3+. The van der Waals surface area contributed by atoms with Crippen LogP contribution in [0.5, 0.6) is 0 Å². The van der Waals surface area contributed by atoms with E-state index in [0.29, 0.717) is 28.1 Å². The van der Waals surface area contributed by atoms with E-state index in [4.69, 9.17) is 38.0 Å². The summed E-state index contributed by atoms with van der Waals surface area (Å²) in [5.74, 6) is 0.405. The van der Waals surface area contributed by atoms with E-state index in [9.17, 15) is 4.79 Å². The first-order valence-corrected chi connectivity index (χ1v) is 10.6. The summed E-state index contributed by atoms with van der Waals surface area (Å²) in [4.78, 5) is 20.9. The number of anilines is 1. The average Bonchev–Trinajstić information content (AvgIpc) is 3.37. The van der Waals surface area contributed by atoms with Gasteiger partial charge in [0.05, 0.1) is 41.2 Å². The molecule has 30 heavy (non-hydrogen) atoms. The zero-order valence-corrected chi connectivity index (χ0v) is 18.0. The van der Waals surface area contributed by atoms with Gasteiger partial charge in [-0.1, -0.05) is 30.1 Å². The fraction of sp³-hybridized carbons (Fsp3) is 0.381. The number of imidazole rings is 1. The van der Waals surface area contributed by atoms with Crippen molar-refractivity contribution in [2.45, 2.75) is 25.8 Å². The summed E-state index contributed by atoms with van der Waals surface area (Å²) in [6.45, 7) is 3.68. The van der Waals surface area contributed by atoms with Gasteiger partial charge in [0, 0.05) is 18.0 Å². The average molecular weight is 450 g/mol. The number of carboxylic acid groups (broad SMARTS) is 1. The number of rotatable bonds is 7. The van der Waals surface area contributed by atoms with Crippen molar-refractivity contribution in [2.24, 2.45) is 5.92 Å². The molecule has 3 aromatic rings. The van der Waals surface area contributed by atoms with Crippen molar-refractivity contribution >= 4 is 45.9 Å². The largest absolute Gasteiger partial charge is 0.481 e. The highest BCUT2D eigenvalue weighted by Crippen LogP contribution is 2.35. The van der Waals surface area contributed by atoms with Crippen molar-refractivity contribution in [2.75, 3.05) is 24.7 Å². The molecule has 1 aliphatic heterocycles. The molecule has 7 nitrogen and oxygen atoms in total. The number of ether oxygens (including phenoxy) is 1. The number of aliphatic carboxylic acids is 1. The normalized spacial score (nSPS) is 19.0. The number of halogens is 2. The standard InChI is InChI=1S/C21H22Cl2N4O3/c1-13-8-14(11-30-7-4-19(28)29)27(10-13)18-9-17(26-6-5-24-12-26)15-2-3-16(22)20(23)21(15)25-18/h2-3,5-6,9,12-14H,4,7-8,10-11H2,1H3,(H,28,29)/p+1/t13-,14+/m1/s1. The highest BCUT2D eigenvalue weighted by atomic mass is 35.5. The number of pyridine rings is 1. The minimum atomic E-state index is -0.859. The molecule has 2 aromatic heterocycles. The Hall–Kier alpha value is -2.35. The SMILES string of the molecule is C[C@@H]1C[C@@H](COCCC(=O)O)N(c2cc(-[n+]3cc[nH]c3)c3ccc(Cl)c(Cl)c3n2)C1. The Kier molecular flexibility index (Phi) is 6.13. The quantitative estimate of drug-likeness (QED) is 0.422. The lowest BCUT2D eigenvalue weighted by Crippen LogP contribution is -2.35. The third kappa shape index (κ3) is 4.24. The van der Waals surface area contributed by atoms with E-state index in [1.54, 1.807) is 6.07 Å². The van der Waals surface area contributed by atoms with Crippen LogP contribution in [0.2, 0.25) is 10.0 Å². The second kappa shape index (κ2) is 8.79. The lowest BCUT2D eigenvalue weighted by Gasteiger charge is -2.26. The second-order valence-electron chi connectivity index (χ2n) is 7.64. The van der Waals surface area contributed by atoms with Crippen molar-refractivity contribution in [1.29, 1.82) is 0 Å². The lowest BCUT2D eigenvalue weighted by molar-refractivity contribution is -0.592. The third-order valence-corrected chi connectivity index (χ3v) is 6.14. The molecule has 3 heterocycles. The Bertz CT molecular complexity index is 1060. The van der Waals surface area contributed by atoms with E-state index in [1.807, 2.05) is 35.4 Å². The van der Waals surface area contributed by atoms with Gasteiger partial charge in [-0.2, -0.15) is 0 Å². The topological polar surface area (TPSA) is 82.3 Å². The van der Waals surface area contributed by atoms with E-state index < -0.39 is 5.97 Å². The van der Waals surface area contributed by atoms with Gasteiger partial charge in [0.25, 0.3) is 0 Å². The molecule has 2 atom stereocenters. The fourth-order valence-corrected chi connectivity index (χ4v) is 4.33. The number of hydrogen-bond acceptors (Lipinski definition) is 4. The van der Waals surface area contributed by atoms with E-state index in [1.165, 1.54) is 0 Å². The molecule has 0 bridgehead atoms. The molecule has 4 rings (SSSR count). The maximum Gasteiger partial charge on any atom is 0.305 e. The summed E-state index contributed by atoms with van der Waals surface area (Å²) >= 11 is 12.8. The number of H-pyrrole nitrogens is 1. The first-order valence-electron chi connectivity index (χ1n) is 9.83.